The van der Waals surface area contributed by atoms with E-state index < -0.39 is 0 Å². The second-order valence-electron chi connectivity index (χ2n) is 3.67. The molecule has 1 heterocycles. The third-order valence-corrected chi connectivity index (χ3v) is 2.46. The van der Waals surface area contributed by atoms with Crippen molar-refractivity contribution < 1.29 is 0 Å². The number of rotatable bonds is 4. The van der Waals surface area contributed by atoms with E-state index in [1.165, 1.54) is 16.3 Å². The van der Waals surface area contributed by atoms with Gasteiger partial charge in [0.15, 0.2) is 0 Å². The molecule has 0 saturated heterocycles. The van der Waals surface area contributed by atoms with Crippen LogP contribution in [0.25, 0.3) is 0 Å². The molecule has 0 bridgehead atoms. The maximum Gasteiger partial charge on any atom is 0.266 e. The summed E-state index contributed by atoms with van der Waals surface area (Å²) in [5, 5.41) is 4.01. The van der Waals surface area contributed by atoms with Crippen LogP contribution in [-0.2, 0) is 13.0 Å². The van der Waals surface area contributed by atoms with Crippen molar-refractivity contribution in [1.29, 1.82) is 0 Å². The first-order valence-electron chi connectivity index (χ1n) is 5.42. The quantitative estimate of drug-likeness (QED) is 0.778. The predicted octanol–water partition coefficient (Wildman–Crippen LogP) is 1.88. The van der Waals surface area contributed by atoms with Crippen LogP contribution < -0.4 is 5.56 Å². The molecule has 16 heavy (non-hydrogen) atoms. The zero-order valence-corrected chi connectivity index (χ0v) is 9.04. The molecule has 0 aliphatic rings. The van der Waals surface area contributed by atoms with Gasteiger partial charge in [0.05, 0.1) is 0 Å². The van der Waals surface area contributed by atoms with E-state index in [1.54, 1.807) is 12.3 Å². The van der Waals surface area contributed by atoms with Crippen LogP contribution in [0, 0.1) is 0 Å². The lowest BCUT2D eigenvalue weighted by Crippen LogP contribution is -2.21. The number of aromatic nitrogens is 2. The summed E-state index contributed by atoms with van der Waals surface area (Å²) >= 11 is 0. The number of hydrogen-bond acceptors (Lipinski definition) is 2. The summed E-state index contributed by atoms with van der Waals surface area (Å²) in [6.07, 6.45) is 3.55. The van der Waals surface area contributed by atoms with Gasteiger partial charge in [-0.05, 0) is 24.5 Å². The summed E-state index contributed by atoms with van der Waals surface area (Å²) in [6, 6.07) is 13.5. The minimum absolute atomic E-state index is 0.0319. The zero-order chi connectivity index (χ0) is 11.2. The SMILES string of the molecule is O=c1cccnn1CCCc1ccccc1. The van der Waals surface area contributed by atoms with Gasteiger partial charge in [0, 0.05) is 18.8 Å². The van der Waals surface area contributed by atoms with Crippen molar-refractivity contribution in [3.05, 3.63) is 64.6 Å². The van der Waals surface area contributed by atoms with Crippen LogP contribution in [0.3, 0.4) is 0 Å². The molecule has 0 unspecified atom stereocenters. The zero-order valence-electron chi connectivity index (χ0n) is 9.04. The van der Waals surface area contributed by atoms with Crippen LogP contribution in [0.2, 0.25) is 0 Å². The van der Waals surface area contributed by atoms with Crippen molar-refractivity contribution in [2.45, 2.75) is 19.4 Å². The predicted molar refractivity (Wildman–Crippen MR) is 63.3 cm³/mol. The monoisotopic (exact) mass is 214 g/mol. The number of aryl methyl sites for hydroxylation is 2. The van der Waals surface area contributed by atoms with Crippen molar-refractivity contribution in [1.82, 2.24) is 9.78 Å². The average Bonchev–Trinajstić information content (AvgIpc) is 2.33. The molecule has 1 aromatic heterocycles. The Morgan fingerprint density at radius 2 is 1.88 bits per heavy atom. The van der Waals surface area contributed by atoms with Gasteiger partial charge in [-0.25, -0.2) is 4.68 Å². The number of hydrogen-bond donors (Lipinski definition) is 0. The molecule has 0 aliphatic heterocycles. The Hall–Kier alpha value is -1.90. The fourth-order valence-electron chi connectivity index (χ4n) is 1.63. The lowest BCUT2D eigenvalue weighted by atomic mass is 10.1. The minimum atomic E-state index is -0.0319. The van der Waals surface area contributed by atoms with E-state index in [2.05, 4.69) is 17.2 Å². The Morgan fingerprint density at radius 3 is 2.62 bits per heavy atom. The van der Waals surface area contributed by atoms with Crippen LogP contribution in [0.5, 0.6) is 0 Å². The van der Waals surface area contributed by atoms with Gasteiger partial charge >= 0.3 is 0 Å². The molecule has 2 aromatic rings. The van der Waals surface area contributed by atoms with E-state index in [0.717, 1.165) is 12.8 Å². The van der Waals surface area contributed by atoms with Crippen molar-refractivity contribution in [3.63, 3.8) is 0 Å². The largest absolute Gasteiger partial charge is 0.268 e. The van der Waals surface area contributed by atoms with Crippen LogP contribution in [0.15, 0.2) is 53.5 Å². The van der Waals surface area contributed by atoms with Gasteiger partial charge in [0.1, 0.15) is 0 Å². The molecule has 0 radical (unpaired) electrons. The Kier molecular flexibility index (Phi) is 3.49. The lowest BCUT2D eigenvalue weighted by molar-refractivity contribution is 0.548. The molecule has 0 fully saturated rings. The van der Waals surface area contributed by atoms with Crippen LogP contribution in [0.1, 0.15) is 12.0 Å². The lowest BCUT2D eigenvalue weighted by Gasteiger charge is -2.03. The number of benzene rings is 1. The molecule has 0 spiro atoms. The van der Waals surface area contributed by atoms with Crippen molar-refractivity contribution in [2.75, 3.05) is 0 Å². The molecule has 1 aromatic carbocycles. The summed E-state index contributed by atoms with van der Waals surface area (Å²) in [5.41, 5.74) is 1.27. The van der Waals surface area contributed by atoms with Gasteiger partial charge in [-0.1, -0.05) is 30.3 Å². The standard InChI is InChI=1S/C13H14N2O/c16-13-9-4-10-14-15(13)11-5-8-12-6-2-1-3-7-12/h1-4,6-7,9-10H,5,8,11H2. The Balaban J connectivity index is 1.90. The molecular formula is C13H14N2O. The van der Waals surface area contributed by atoms with Gasteiger partial charge in [0.2, 0.25) is 0 Å². The van der Waals surface area contributed by atoms with Gasteiger partial charge in [-0.2, -0.15) is 5.10 Å². The van der Waals surface area contributed by atoms with E-state index in [1.807, 2.05) is 18.2 Å². The fourth-order valence-corrected chi connectivity index (χ4v) is 1.63. The summed E-state index contributed by atoms with van der Waals surface area (Å²) < 4.78 is 1.50. The summed E-state index contributed by atoms with van der Waals surface area (Å²) in [5.74, 6) is 0. The maximum atomic E-state index is 11.4. The van der Waals surface area contributed by atoms with Gasteiger partial charge in [-0.15, -0.1) is 0 Å². The molecule has 82 valence electrons. The van der Waals surface area contributed by atoms with Gasteiger partial charge in [0.25, 0.3) is 5.56 Å². The highest BCUT2D eigenvalue weighted by molar-refractivity contribution is 5.14. The van der Waals surface area contributed by atoms with Crippen molar-refractivity contribution in [3.8, 4) is 0 Å². The smallest absolute Gasteiger partial charge is 0.266 e. The van der Waals surface area contributed by atoms with Crippen LogP contribution in [0.4, 0.5) is 0 Å². The van der Waals surface area contributed by atoms with E-state index in [9.17, 15) is 4.79 Å². The Bertz CT molecular complexity index is 491. The summed E-state index contributed by atoms with van der Waals surface area (Å²) in [7, 11) is 0. The maximum absolute atomic E-state index is 11.4. The molecule has 3 nitrogen and oxygen atoms in total. The first kappa shape index (κ1) is 10.6. The highest BCUT2D eigenvalue weighted by atomic mass is 16.1. The highest BCUT2D eigenvalue weighted by Gasteiger charge is 1.96. The molecule has 0 amide bonds. The molecule has 3 heteroatoms. The second-order valence-corrected chi connectivity index (χ2v) is 3.67. The summed E-state index contributed by atoms with van der Waals surface area (Å²) in [6.45, 7) is 0.675. The normalized spacial score (nSPS) is 10.2. The van der Waals surface area contributed by atoms with E-state index in [-0.39, 0.29) is 5.56 Å². The number of nitrogens with zero attached hydrogens (tertiary/aromatic N) is 2. The average molecular weight is 214 g/mol. The molecule has 0 N–H and O–H groups in total. The first-order chi connectivity index (χ1) is 7.86. The molecule has 0 atom stereocenters. The topological polar surface area (TPSA) is 34.9 Å². The first-order valence-corrected chi connectivity index (χ1v) is 5.42. The third kappa shape index (κ3) is 2.79. The van der Waals surface area contributed by atoms with E-state index in [4.69, 9.17) is 0 Å². The molecular weight excluding hydrogens is 200 g/mol. The Morgan fingerprint density at radius 1 is 1.06 bits per heavy atom. The summed E-state index contributed by atoms with van der Waals surface area (Å²) in [4.78, 5) is 11.4. The molecule has 0 saturated carbocycles. The van der Waals surface area contributed by atoms with Gasteiger partial charge < -0.3 is 0 Å². The van der Waals surface area contributed by atoms with E-state index >= 15 is 0 Å². The third-order valence-electron chi connectivity index (χ3n) is 2.46. The second kappa shape index (κ2) is 5.26. The van der Waals surface area contributed by atoms with E-state index in [0.29, 0.717) is 6.54 Å². The Labute approximate surface area is 94.4 Å². The molecule has 2 rings (SSSR count). The minimum Gasteiger partial charge on any atom is -0.268 e. The van der Waals surface area contributed by atoms with Crippen molar-refractivity contribution in [2.24, 2.45) is 0 Å². The highest BCUT2D eigenvalue weighted by Crippen LogP contribution is 2.02. The van der Waals surface area contributed by atoms with Crippen LogP contribution >= 0.6 is 0 Å². The molecule has 0 aliphatic carbocycles. The van der Waals surface area contributed by atoms with Gasteiger partial charge in [-0.3, -0.25) is 4.79 Å². The van der Waals surface area contributed by atoms with Crippen LogP contribution in [-0.4, -0.2) is 9.78 Å². The fraction of sp³-hybridized carbons (Fsp3) is 0.231. The van der Waals surface area contributed by atoms with Crippen molar-refractivity contribution >= 4 is 0 Å².